The number of piperidine rings is 1. The Labute approximate surface area is 273 Å². The van der Waals surface area contributed by atoms with Gasteiger partial charge in [-0.25, -0.2) is 4.79 Å². The van der Waals surface area contributed by atoms with Crippen molar-refractivity contribution in [3.05, 3.63) is 101 Å². The van der Waals surface area contributed by atoms with E-state index in [2.05, 4.69) is 45.9 Å². The standard InChI is InChI=1S/C38H46N4O4/c1-37(2,3)46-36(44)41-33(29-8-6-5-7-9-29)23-35(43)40-34-25-38(24-30-14-15-31(45-4)22-32(30)34)17-20-42(21-18-38)19-16-27-10-12-28(26-39)13-11-27/h5-15,22,33-34H,16-21,23-25H2,1-4H3,(H,40,43)(H,41,44)/t33-,34?/m0/s1. The number of hydrogen-bond acceptors (Lipinski definition) is 6. The molecule has 3 aromatic rings. The summed E-state index contributed by atoms with van der Waals surface area (Å²) in [5.74, 6) is 0.654. The first-order valence-electron chi connectivity index (χ1n) is 16.3. The number of nitrogens with zero attached hydrogens (tertiary/aromatic N) is 2. The molecule has 1 unspecified atom stereocenters. The number of methoxy groups -OCH3 is 1. The molecule has 1 spiro atoms. The molecule has 8 nitrogen and oxygen atoms in total. The van der Waals surface area contributed by atoms with Crippen molar-refractivity contribution >= 4 is 12.0 Å². The molecule has 1 aliphatic carbocycles. The number of nitriles is 1. The van der Waals surface area contributed by atoms with Crippen molar-refractivity contribution in [2.45, 2.75) is 77.0 Å². The maximum atomic E-state index is 13.7. The lowest BCUT2D eigenvalue weighted by atomic mass is 9.64. The monoisotopic (exact) mass is 622 g/mol. The van der Waals surface area contributed by atoms with Crippen molar-refractivity contribution in [3.63, 3.8) is 0 Å². The van der Waals surface area contributed by atoms with E-state index in [1.807, 2.05) is 69.3 Å². The summed E-state index contributed by atoms with van der Waals surface area (Å²) in [6.07, 6.45) is 4.46. The van der Waals surface area contributed by atoms with Crippen LogP contribution in [0.15, 0.2) is 72.8 Å². The van der Waals surface area contributed by atoms with Crippen LogP contribution in [0.25, 0.3) is 0 Å². The Morgan fingerprint density at radius 2 is 1.76 bits per heavy atom. The Bertz CT molecular complexity index is 1530. The Kier molecular flexibility index (Phi) is 10.3. The predicted octanol–water partition coefficient (Wildman–Crippen LogP) is 6.65. The van der Waals surface area contributed by atoms with E-state index in [0.29, 0.717) is 5.56 Å². The molecule has 0 radical (unpaired) electrons. The van der Waals surface area contributed by atoms with Crippen molar-refractivity contribution in [1.29, 1.82) is 5.26 Å². The van der Waals surface area contributed by atoms with Gasteiger partial charge in [-0.15, -0.1) is 0 Å². The van der Waals surface area contributed by atoms with Crippen LogP contribution in [0.2, 0.25) is 0 Å². The van der Waals surface area contributed by atoms with Gasteiger partial charge in [0.05, 0.1) is 37.2 Å². The van der Waals surface area contributed by atoms with Crippen LogP contribution in [0, 0.1) is 16.7 Å². The molecule has 2 N–H and O–H groups in total. The zero-order valence-corrected chi connectivity index (χ0v) is 27.5. The van der Waals surface area contributed by atoms with Crippen molar-refractivity contribution in [2.75, 3.05) is 26.7 Å². The second-order valence-corrected chi connectivity index (χ2v) is 13.8. The van der Waals surface area contributed by atoms with E-state index >= 15 is 0 Å². The molecule has 46 heavy (non-hydrogen) atoms. The van der Waals surface area contributed by atoms with E-state index in [-0.39, 0.29) is 23.8 Å². The van der Waals surface area contributed by atoms with Crippen LogP contribution in [0.1, 0.15) is 86.4 Å². The summed E-state index contributed by atoms with van der Waals surface area (Å²) in [6.45, 7) is 8.47. The van der Waals surface area contributed by atoms with Gasteiger partial charge in [0.15, 0.2) is 0 Å². The van der Waals surface area contributed by atoms with E-state index in [1.165, 1.54) is 11.1 Å². The number of carbonyl (C=O) groups is 2. The van der Waals surface area contributed by atoms with Gasteiger partial charge in [-0.05, 0) is 118 Å². The molecule has 2 amide bonds. The molecular weight excluding hydrogens is 576 g/mol. The van der Waals surface area contributed by atoms with Crippen LogP contribution in [0.4, 0.5) is 4.79 Å². The minimum absolute atomic E-state index is 0.0924. The summed E-state index contributed by atoms with van der Waals surface area (Å²) in [6, 6.07) is 25.2. The van der Waals surface area contributed by atoms with E-state index < -0.39 is 17.7 Å². The molecule has 1 fully saturated rings. The van der Waals surface area contributed by atoms with Crippen molar-refractivity contribution in [1.82, 2.24) is 15.5 Å². The van der Waals surface area contributed by atoms with E-state index in [9.17, 15) is 9.59 Å². The molecule has 2 aliphatic rings. The van der Waals surface area contributed by atoms with E-state index in [1.54, 1.807) is 7.11 Å². The molecule has 8 heteroatoms. The zero-order valence-electron chi connectivity index (χ0n) is 27.5. The van der Waals surface area contributed by atoms with E-state index in [0.717, 1.165) is 68.6 Å². The second-order valence-electron chi connectivity index (χ2n) is 13.8. The number of benzene rings is 3. The third-order valence-corrected chi connectivity index (χ3v) is 9.27. The number of ether oxygens (including phenoxy) is 2. The fourth-order valence-corrected chi connectivity index (χ4v) is 6.82. The van der Waals surface area contributed by atoms with Gasteiger partial charge < -0.3 is 25.0 Å². The molecule has 2 atom stereocenters. The fourth-order valence-electron chi connectivity index (χ4n) is 6.82. The predicted molar refractivity (Wildman–Crippen MR) is 178 cm³/mol. The van der Waals surface area contributed by atoms with Crippen LogP contribution < -0.4 is 15.4 Å². The fraction of sp³-hybridized carbons (Fsp3) is 0.447. The third kappa shape index (κ3) is 8.67. The largest absolute Gasteiger partial charge is 0.497 e. The molecule has 1 heterocycles. The van der Waals surface area contributed by atoms with Crippen LogP contribution in [-0.2, 0) is 22.4 Å². The van der Waals surface area contributed by atoms with Crippen LogP contribution in [0.5, 0.6) is 5.75 Å². The average molecular weight is 623 g/mol. The normalized spacial score (nSPS) is 18.1. The van der Waals surface area contributed by atoms with Crippen molar-refractivity contribution < 1.29 is 19.1 Å². The Morgan fingerprint density at radius 3 is 2.41 bits per heavy atom. The Morgan fingerprint density at radius 1 is 1.04 bits per heavy atom. The summed E-state index contributed by atoms with van der Waals surface area (Å²) in [5.41, 5.74) is 4.60. The number of hydrogen-bond donors (Lipinski definition) is 2. The number of rotatable bonds is 9. The summed E-state index contributed by atoms with van der Waals surface area (Å²) in [7, 11) is 1.67. The van der Waals surface area contributed by atoms with Gasteiger partial charge in [-0.3, -0.25) is 4.79 Å². The highest BCUT2D eigenvalue weighted by molar-refractivity contribution is 5.78. The van der Waals surface area contributed by atoms with Crippen molar-refractivity contribution in [2.24, 2.45) is 5.41 Å². The number of carbonyl (C=O) groups excluding carboxylic acids is 2. The lowest BCUT2D eigenvalue weighted by Gasteiger charge is -2.47. The van der Waals surface area contributed by atoms with E-state index in [4.69, 9.17) is 14.7 Å². The van der Waals surface area contributed by atoms with Gasteiger partial charge in [0.25, 0.3) is 0 Å². The second kappa shape index (κ2) is 14.4. The highest BCUT2D eigenvalue weighted by Gasteiger charge is 2.42. The molecule has 5 rings (SSSR count). The molecule has 1 aliphatic heterocycles. The lowest BCUT2D eigenvalue weighted by molar-refractivity contribution is -0.122. The molecule has 3 aromatic carbocycles. The highest BCUT2D eigenvalue weighted by Crippen LogP contribution is 2.48. The Balaban J connectivity index is 1.27. The smallest absolute Gasteiger partial charge is 0.408 e. The Hall–Kier alpha value is -4.35. The SMILES string of the molecule is COc1ccc2c(c1)C(NC(=O)C[C@H](NC(=O)OC(C)(C)C)c1ccccc1)CC1(CCN(CCc3ccc(C#N)cc3)CC1)C2. The minimum atomic E-state index is -0.647. The van der Waals surface area contributed by atoms with Gasteiger partial charge >= 0.3 is 6.09 Å². The summed E-state index contributed by atoms with van der Waals surface area (Å²) >= 11 is 0. The first kappa shape index (κ1) is 33.0. The van der Waals surface area contributed by atoms with Gasteiger partial charge in [0, 0.05) is 6.54 Å². The molecule has 0 aromatic heterocycles. The lowest BCUT2D eigenvalue weighted by Crippen LogP contribution is -2.46. The maximum absolute atomic E-state index is 13.7. The van der Waals surface area contributed by atoms with Gasteiger partial charge in [-0.1, -0.05) is 48.5 Å². The summed E-state index contributed by atoms with van der Waals surface area (Å²) in [5, 5.41) is 15.4. The number of alkyl carbamates (subject to hydrolysis) is 1. The number of fused-ring (bicyclic) bond motifs is 1. The van der Waals surface area contributed by atoms with Crippen molar-refractivity contribution in [3.8, 4) is 11.8 Å². The topological polar surface area (TPSA) is 104 Å². The molecule has 0 saturated carbocycles. The average Bonchev–Trinajstić information content (AvgIpc) is 3.04. The van der Waals surface area contributed by atoms with Gasteiger partial charge in [0.2, 0.25) is 5.91 Å². The first-order chi connectivity index (χ1) is 22.0. The molecule has 1 saturated heterocycles. The first-order valence-corrected chi connectivity index (χ1v) is 16.3. The van der Waals surface area contributed by atoms with Gasteiger partial charge in [-0.2, -0.15) is 5.26 Å². The van der Waals surface area contributed by atoms with Crippen LogP contribution in [0.3, 0.4) is 0 Å². The minimum Gasteiger partial charge on any atom is -0.497 e. The van der Waals surface area contributed by atoms with Gasteiger partial charge in [0.1, 0.15) is 11.4 Å². The van der Waals surface area contributed by atoms with Crippen LogP contribution in [-0.4, -0.2) is 49.2 Å². The zero-order chi connectivity index (χ0) is 32.7. The quantitative estimate of drug-likeness (QED) is 0.277. The molecule has 0 bridgehead atoms. The molecular formula is C38H46N4O4. The summed E-state index contributed by atoms with van der Waals surface area (Å²) < 4.78 is 11.1. The maximum Gasteiger partial charge on any atom is 0.408 e. The number of likely N-dealkylation sites (tertiary alicyclic amines) is 1. The number of amides is 2. The third-order valence-electron chi connectivity index (χ3n) is 9.27. The number of nitrogens with one attached hydrogen (secondary N) is 2. The molecule has 242 valence electrons. The van der Waals surface area contributed by atoms with Crippen LogP contribution >= 0.6 is 0 Å². The summed E-state index contributed by atoms with van der Waals surface area (Å²) in [4.78, 5) is 29.0. The highest BCUT2D eigenvalue weighted by atomic mass is 16.6.